The molecule has 0 spiro atoms. The average Bonchev–Trinajstić information content (AvgIpc) is 2.90. The van der Waals surface area contributed by atoms with Crippen LogP contribution in [0.2, 0.25) is 0 Å². The number of carboxylic acids is 1. The minimum Gasteiger partial charge on any atom is -0.550 e. The van der Waals surface area contributed by atoms with Crippen molar-refractivity contribution in [2.75, 3.05) is 5.32 Å². The van der Waals surface area contributed by atoms with E-state index in [0.717, 1.165) is 23.7 Å². The topological polar surface area (TPSA) is 69.2 Å². The summed E-state index contributed by atoms with van der Waals surface area (Å²) in [4.78, 5) is 23.5. The van der Waals surface area contributed by atoms with Crippen molar-refractivity contribution in [3.63, 3.8) is 0 Å². The molecule has 22 heavy (non-hydrogen) atoms. The van der Waals surface area contributed by atoms with Crippen LogP contribution in [0.3, 0.4) is 0 Å². The second-order valence-electron chi connectivity index (χ2n) is 5.67. The van der Waals surface area contributed by atoms with Gasteiger partial charge >= 0.3 is 29.6 Å². The minimum absolute atomic E-state index is 0. The molecule has 1 amide bonds. The van der Waals surface area contributed by atoms with Gasteiger partial charge in [-0.3, -0.25) is 4.79 Å². The Kier molecular flexibility index (Phi) is 7.59. The summed E-state index contributed by atoms with van der Waals surface area (Å²) < 4.78 is 0.809. The number of hydrogen-bond donors (Lipinski definition) is 1. The predicted molar refractivity (Wildman–Crippen MR) is 82.7 cm³/mol. The van der Waals surface area contributed by atoms with E-state index in [1.165, 1.54) is 5.56 Å². The van der Waals surface area contributed by atoms with Gasteiger partial charge in [0.25, 0.3) is 0 Å². The number of amides is 1. The molecule has 114 valence electrons. The van der Waals surface area contributed by atoms with Crippen molar-refractivity contribution in [1.29, 1.82) is 0 Å². The zero-order valence-electron chi connectivity index (χ0n) is 13.1. The van der Waals surface area contributed by atoms with Gasteiger partial charge in [0.05, 0.1) is 5.69 Å². The largest absolute Gasteiger partial charge is 1.00 e. The number of anilines is 1. The molecular formula is C16H19BrNNaO3. The van der Waals surface area contributed by atoms with Crippen LogP contribution >= 0.6 is 15.9 Å². The molecule has 6 heteroatoms. The number of halogens is 1. The number of benzene rings is 1. The Balaban J connectivity index is 0.00000242. The fourth-order valence-corrected chi connectivity index (χ4v) is 3.41. The molecule has 0 atom stereocenters. The van der Waals surface area contributed by atoms with Crippen LogP contribution in [0.5, 0.6) is 0 Å². The number of carbonyl (C=O) groups excluding carboxylic acids is 2. The van der Waals surface area contributed by atoms with Gasteiger partial charge in [0.2, 0.25) is 5.91 Å². The second-order valence-corrected chi connectivity index (χ2v) is 6.52. The maximum Gasteiger partial charge on any atom is 1.00 e. The maximum atomic E-state index is 12.2. The second kappa shape index (κ2) is 8.48. The monoisotopic (exact) mass is 375 g/mol. The number of carboxylic acid groups (broad SMARTS) is 1. The molecule has 0 unspecified atom stereocenters. The van der Waals surface area contributed by atoms with Gasteiger partial charge in [-0.05, 0) is 52.9 Å². The average molecular weight is 376 g/mol. The minimum atomic E-state index is -1.10. The molecule has 0 saturated heterocycles. The third kappa shape index (κ3) is 4.57. The molecule has 0 aliphatic heterocycles. The van der Waals surface area contributed by atoms with Crippen LogP contribution in [0.1, 0.15) is 44.6 Å². The molecule has 0 aromatic heterocycles. The molecule has 0 radical (unpaired) electrons. The predicted octanol–water partition coefficient (Wildman–Crippen LogP) is -0.346. The first kappa shape index (κ1) is 19.7. The number of aliphatic carboxylic acids is 1. The van der Waals surface area contributed by atoms with Gasteiger partial charge in [0.1, 0.15) is 0 Å². The first-order valence-corrected chi connectivity index (χ1v) is 8.06. The van der Waals surface area contributed by atoms with Crippen LogP contribution in [0.4, 0.5) is 5.69 Å². The van der Waals surface area contributed by atoms with Crippen LogP contribution < -0.4 is 40.0 Å². The van der Waals surface area contributed by atoms with Crippen LogP contribution in [-0.2, 0) is 16.0 Å². The van der Waals surface area contributed by atoms with E-state index < -0.39 is 11.4 Å². The summed E-state index contributed by atoms with van der Waals surface area (Å²) in [7, 11) is 0. The first-order chi connectivity index (χ1) is 9.97. The van der Waals surface area contributed by atoms with Gasteiger partial charge in [-0.25, -0.2) is 0 Å². The Bertz CT molecular complexity index is 556. The molecule has 1 N–H and O–H groups in total. The van der Waals surface area contributed by atoms with E-state index in [1.54, 1.807) is 0 Å². The Labute approximate surface area is 161 Å². The normalized spacial score (nSPS) is 15.9. The summed E-state index contributed by atoms with van der Waals surface area (Å²) in [5.74, 6) is -1.37. The number of rotatable bonds is 5. The van der Waals surface area contributed by atoms with E-state index in [1.807, 2.05) is 18.2 Å². The van der Waals surface area contributed by atoms with Gasteiger partial charge in [0.15, 0.2) is 0 Å². The Hall–Kier alpha value is -0.360. The number of carbonyl (C=O) groups is 2. The van der Waals surface area contributed by atoms with Gasteiger partial charge < -0.3 is 15.2 Å². The summed E-state index contributed by atoms with van der Waals surface area (Å²) >= 11 is 3.43. The standard InChI is InChI=1S/C16H20BrNO3.Na/c1-2-11-5-6-13(12(17)9-11)18-14(19)10-16(15(20)21)7-3-4-8-16;/h5-6,9H,2-4,7-8,10H2,1H3,(H,18,19)(H,20,21);/q;+1/p-1. The molecule has 1 saturated carbocycles. The summed E-state index contributed by atoms with van der Waals surface area (Å²) in [6.07, 6.45) is 3.64. The third-order valence-corrected chi connectivity index (χ3v) is 4.86. The first-order valence-electron chi connectivity index (χ1n) is 7.26. The van der Waals surface area contributed by atoms with E-state index in [4.69, 9.17) is 0 Å². The van der Waals surface area contributed by atoms with Gasteiger partial charge in [0, 0.05) is 22.3 Å². The van der Waals surface area contributed by atoms with Gasteiger partial charge in [-0.1, -0.05) is 25.8 Å². The van der Waals surface area contributed by atoms with E-state index in [0.29, 0.717) is 18.5 Å². The van der Waals surface area contributed by atoms with Crippen LogP contribution in [0, 0.1) is 5.41 Å². The van der Waals surface area contributed by atoms with Crippen LogP contribution in [0.15, 0.2) is 22.7 Å². The van der Waals surface area contributed by atoms with Crippen molar-refractivity contribution in [1.82, 2.24) is 0 Å². The van der Waals surface area contributed by atoms with E-state index >= 15 is 0 Å². The number of aryl methyl sites for hydroxylation is 1. The summed E-state index contributed by atoms with van der Waals surface area (Å²) in [6.45, 7) is 2.06. The quantitative estimate of drug-likeness (QED) is 0.715. The molecule has 1 aromatic carbocycles. The van der Waals surface area contributed by atoms with E-state index in [2.05, 4.69) is 28.2 Å². The Morgan fingerprint density at radius 1 is 1.32 bits per heavy atom. The van der Waals surface area contributed by atoms with Crippen molar-refractivity contribution in [2.24, 2.45) is 5.41 Å². The molecule has 2 rings (SSSR count). The summed E-state index contributed by atoms with van der Waals surface area (Å²) in [6, 6.07) is 5.74. The van der Waals surface area contributed by atoms with Crippen molar-refractivity contribution < 1.29 is 44.3 Å². The Morgan fingerprint density at radius 3 is 2.45 bits per heavy atom. The maximum absolute atomic E-state index is 12.2. The fraction of sp³-hybridized carbons (Fsp3) is 0.500. The molecule has 0 heterocycles. The third-order valence-electron chi connectivity index (χ3n) is 4.21. The van der Waals surface area contributed by atoms with Crippen molar-refractivity contribution >= 4 is 33.5 Å². The molecular weight excluding hydrogens is 357 g/mol. The van der Waals surface area contributed by atoms with Gasteiger partial charge in [-0.15, -0.1) is 0 Å². The SMILES string of the molecule is CCc1ccc(NC(=O)CC2(C(=O)[O-])CCCC2)c(Br)c1.[Na+]. The molecule has 0 bridgehead atoms. The molecule has 1 aliphatic carbocycles. The Morgan fingerprint density at radius 2 is 1.95 bits per heavy atom. The van der Waals surface area contributed by atoms with Crippen molar-refractivity contribution in [3.8, 4) is 0 Å². The molecule has 1 aromatic rings. The van der Waals surface area contributed by atoms with E-state index in [-0.39, 0.29) is 41.9 Å². The van der Waals surface area contributed by atoms with Gasteiger partial charge in [-0.2, -0.15) is 0 Å². The van der Waals surface area contributed by atoms with Crippen molar-refractivity contribution in [3.05, 3.63) is 28.2 Å². The van der Waals surface area contributed by atoms with Crippen LogP contribution in [-0.4, -0.2) is 11.9 Å². The zero-order valence-corrected chi connectivity index (χ0v) is 16.7. The molecule has 4 nitrogen and oxygen atoms in total. The fourth-order valence-electron chi connectivity index (χ4n) is 2.89. The molecule has 1 fully saturated rings. The number of hydrogen-bond acceptors (Lipinski definition) is 3. The molecule has 1 aliphatic rings. The summed E-state index contributed by atoms with van der Waals surface area (Å²) in [5, 5.41) is 14.2. The number of nitrogens with one attached hydrogen (secondary N) is 1. The summed E-state index contributed by atoms with van der Waals surface area (Å²) in [5.41, 5.74) is 0.852. The van der Waals surface area contributed by atoms with E-state index in [9.17, 15) is 14.7 Å². The smallest absolute Gasteiger partial charge is 0.550 e. The zero-order chi connectivity index (χ0) is 15.5. The van der Waals surface area contributed by atoms with Crippen molar-refractivity contribution in [2.45, 2.75) is 45.4 Å². The van der Waals surface area contributed by atoms with Crippen LogP contribution in [0.25, 0.3) is 0 Å².